The van der Waals surface area contributed by atoms with E-state index in [0.717, 1.165) is 5.56 Å². The Morgan fingerprint density at radius 3 is 2.80 bits per heavy atom. The number of hydrogen-bond donors (Lipinski definition) is 1. The molecular formula is C12H15NO2. The average Bonchev–Trinajstić information content (AvgIpc) is 2.29. The molecule has 0 heterocycles. The molecule has 1 rings (SSSR count). The number of benzene rings is 1. The van der Waals surface area contributed by atoms with Crippen LogP contribution in [0.1, 0.15) is 5.56 Å². The van der Waals surface area contributed by atoms with Crippen molar-refractivity contribution in [2.75, 3.05) is 13.2 Å². The predicted molar refractivity (Wildman–Crippen MR) is 59.3 cm³/mol. The Bertz CT molecular complexity index is 309. The SMILES string of the molecule is C=CC(=O)NCCOCc1ccccc1. The summed E-state index contributed by atoms with van der Waals surface area (Å²) in [5, 5.41) is 2.64. The van der Waals surface area contributed by atoms with Gasteiger partial charge in [0.2, 0.25) is 5.91 Å². The van der Waals surface area contributed by atoms with E-state index in [9.17, 15) is 4.79 Å². The summed E-state index contributed by atoms with van der Waals surface area (Å²) in [5.74, 6) is -0.168. The van der Waals surface area contributed by atoms with Gasteiger partial charge in [-0.25, -0.2) is 0 Å². The minimum absolute atomic E-state index is 0.168. The highest BCUT2D eigenvalue weighted by Gasteiger charge is 1.93. The Labute approximate surface area is 89.8 Å². The molecule has 3 nitrogen and oxygen atoms in total. The van der Waals surface area contributed by atoms with E-state index in [1.807, 2.05) is 30.3 Å². The second kappa shape index (κ2) is 6.79. The van der Waals surface area contributed by atoms with Crippen LogP contribution in [0.3, 0.4) is 0 Å². The standard InChI is InChI=1S/C12H15NO2/c1-2-12(14)13-8-9-15-10-11-6-4-3-5-7-11/h2-7H,1,8-10H2,(H,13,14). The molecule has 0 spiro atoms. The molecule has 1 aromatic carbocycles. The number of rotatable bonds is 6. The molecule has 3 heteroatoms. The lowest BCUT2D eigenvalue weighted by atomic mass is 10.2. The smallest absolute Gasteiger partial charge is 0.243 e. The number of carbonyl (C=O) groups is 1. The molecule has 0 bridgehead atoms. The van der Waals surface area contributed by atoms with Crippen LogP contribution in [0.25, 0.3) is 0 Å². The first-order valence-electron chi connectivity index (χ1n) is 4.85. The maximum atomic E-state index is 10.8. The van der Waals surface area contributed by atoms with Gasteiger partial charge in [0.25, 0.3) is 0 Å². The molecule has 0 atom stereocenters. The summed E-state index contributed by atoms with van der Waals surface area (Å²) in [5.41, 5.74) is 1.13. The lowest BCUT2D eigenvalue weighted by molar-refractivity contribution is -0.116. The summed E-state index contributed by atoms with van der Waals surface area (Å²) in [6, 6.07) is 9.91. The highest BCUT2D eigenvalue weighted by molar-refractivity contribution is 5.86. The van der Waals surface area contributed by atoms with Crippen LogP contribution in [-0.2, 0) is 16.1 Å². The lowest BCUT2D eigenvalue weighted by Gasteiger charge is -2.04. The molecule has 15 heavy (non-hydrogen) atoms. The highest BCUT2D eigenvalue weighted by Crippen LogP contribution is 1.99. The monoisotopic (exact) mass is 205 g/mol. The van der Waals surface area contributed by atoms with Gasteiger partial charge in [-0.3, -0.25) is 4.79 Å². The number of carbonyl (C=O) groups excluding carboxylic acids is 1. The van der Waals surface area contributed by atoms with Crippen LogP contribution in [0, 0.1) is 0 Å². The van der Waals surface area contributed by atoms with Crippen molar-refractivity contribution in [3.63, 3.8) is 0 Å². The number of hydrogen-bond acceptors (Lipinski definition) is 2. The third kappa shape index (κ3) is 4.98. The van der Waals surface area contributed by atoms with Gasteiger partial charge in [-0.15, -0.1) is 0 Å². The van der Waals surface area contributed by atoms with Crippen LogP contribution in [0.2, 0.25) is 0 Å². The normalized spacial score (nSPS) is 9.60. The second-order valence-electron chi connectivity index (χ2n) is 3.03. The van der Waals surface area contributed by atoms with Crippen molar-refractivity contribution in [3.8, 4) is 0 Å². The van der Waals surface area contributed by atoms with Crippen LogP contribution >= 0.6 is 0 Å². The van der Waals surface area contributed by atoms with Gasteiger partial charge < -0.3 is 10.1 Å². The predicted octanol–water partition coefficient (Wildman–Crippen LogP) is 1.51. The Hall–Kier alpha value is -1.61. The van der Waals surface area contributed by atoms with Crippen molar-refractivity contribution >= 4 is 5.91 Å². The van der Waals surface area contributed by atoms with Gasteiger partial charge in [0.15, 0.2) is 0 Å². The van der Waals surface area contributed by atoms with E-state index >= 15 is 0 Å². The highest BCUT2D eigenvalue weighted by atomic mass is 16.5. The molecule has 0 saturated heterocycles. The zero-order valence-electron chi connectivity index (χ0n) is 8.61. The molecule has 0 aliphatic carbocycles. The van der Waals surface area contributed by atoms with Crippen LogP contribution in [0.4, 0.5) is 0 Å². The fourth-order valence-corrected chi connectivity index (χ4v) is 1.08. The van der Waals surface area contributed by atoms with E-state index in [4.69, 9.17) is 4.74 Å². The van der Waals surface area contributed by atoms with E-state index in [-0.39, 0.29) is 5.91 Å². The summed E-state index contributed by atoms with van der Waals surface area (Å²) in [4.78, 5) is 10.8. The fraction of sp³-hybridized carbons (Fsp3) is 0.250. The van der Waals surface area contributed by atoms with Crippen molar-refractivity contribution < 1.29 is 9.53 Å². The zero-order chi connectivity index (χ0) is 10.9. The molecule has 0 aromatic heterocycles. The minimum Gasteiger partial charge on any atom is -0.375 e. The summed E-state index contributed by atoms with van der Waals surface area (Å²) in [6.07, 6.45) is 1.25. The lowest BCUT2D eigenvalue weighted by Crippen LogP contribution is -2.25. The van der Waals surface area contributed by atoms with Crippen molar-refractivity contribution in [1.82, 2.24) is 5.32 Å². The van der Waals surface area contributed by atoms with Gasteiger partial charge >= 0.3 is 0 Å². The Morgan fingerprint density at radius 1 is 1.40 bits per heavy atom. The molecule has 0 saturated carbocycles. The number of amides is 1. The zero-order valence-corrected chi connectivity index (χ0v) is 8.61. The van der Waals surface area contributed by atoms with Gasteiger partial charge in [0.05, 0.1) is 13.2 Å². The van der Waals surface area contributed by atoms with Crippen molar-refractivity contribution in [2.24, 2.45) is 0 Å². The van der Waals surface area contributed by atoms with E-state index in [2.05, 4.69) is 11.9 Å². The van der Waals surface area contributed by atoms with Crippen molar-refractivity contribution in [2.45, 2.75) is 6.61 Å². The van der Waals surface area contributed by atoms with Crippen molar-refractivity contribution in [1.29, 1.82) is 0 Å². The first-order chi connectivity index (χ1) is 7.33. The third-order valence-corrected chi connectivity index (χ3v) is 1.84. The van der Waals surface area contributed by atoms with E-state index in [1.165, 1.54) is 6.08 Å². The van der Waals surface area contributed by atoms with Crippen LogP contribution in [0.5, 0.6) is 0 Å². The molecule has 0 aliphatic heterocycles. The average molecular weight is 205 g/mol. The molecule has 0 unspecified atom stereocenters. The van der Waals surface area contributed by atoms with Crippen LogP contribution in [0.15, 0.2) is 43.0 Å². The van der Waals surface area contributed by atoms with E-state index < -0.39 is 0 Å². The molecule has 0 aliphatic rings. The summed E-state index contributed by atoms with van der Waals surface area (Å²) in [7, 11) is 0. The maximum Gasteiger partial charge on any atom is 0.243 e. The molecule has 1 amide bonds. The summed E-state index contributed by atoms with van der Waals surface area (Å²) >= 11 is 0. The van der Waals surface area contributed by atoms with Gasteiger partial charge in [-0.05, 0) is 11.6 Å². The van der Waals surface area contributed by atoms with Crippen molar-refractivity contribution in [3.05, 3.63) is 48.6 Å². The second-order valence-corrected chi connectivity index (χ2v) is 3.03. The number of nitrogens with one attached hydrogen (secondary N) is 1. The Morgan fingerprint density at radius 2 is 2.13 bits per heavy atom. The van der Waals surface area contributed by atoms with Crippen LogP contribution in [-0.4, -0.2) is 19.1 Å². The first kappa shape index (κ1) is 11.5. The minimum atomic E-state index is -0.168. The quantitative estimate of drug-likeness (QED) is 0.564. The van der Waals surface area contributed by atoms with Gasteiger partial charge in [-0.1, -0.05) is 36.9 Å². The Balaban J connectivity index is 2.07. The third-order valence-electron chi connectivity index (χ3n) is 1.84. The molecule has 1 aromatic rings. The van der Waals surface area contributed by atoms with Gasteiger partial charge in [-0.2, -0.15) is 0 Å². The molecule has 0 fully saturated rings. The maximum absolute atomic E-state index is 10.8. The number of ether oxygens (including phenoxy) is 1. The molecular weight excluding hydrogens is 190 g/mol. The van der Waals surface area contributed by atoms with E-state index in [1.54, 1.807) is 0 Å². The summed E-state index contributed by atoms with van der Waals surface area (Å²) < 4.78 is 5.37. The molecule has 80 valence electrons. The first-order valence-corrected chi connectivity index (χ1v) is 4.85. The topological polar surface area (TPSA) is 38.3 Å². The molecule has 1 N–H and O–H groups in total. The van der Waals surface area contributed by atoms with Gasteiger partial charge in [0, 0.05) is 6.54 Å². The largest absolute Gasteiger partial charge is 0.375 e. The fourth-order valence-electron chi connectivity index (χ4n) is 1.08. The Kier molecular flexibility index (Phi) is 5.19. The van der Waals surface area contributed by atoms with Gasteiger partial charge in [0.1, 0.15) is 0 Å². The molecule has 0 radical (unpaired) electrons. The van der Waals surface area contributed by atoms with Crippen LogP contribution < -0.4 is 5.32 Å². The summed E-state index contributed by atoms with van der Waals surface area (Å²) in [6.45, 7) is 4.95. The van der Waals surface area contributed by atoms with E-state index in [0.29, 0.717) is 19.8 Å².